The third kappa shape index (κ3) is 32.5. The summed E-state index contributed by atoms with van der Waals surface area (Å²) in [6.07, 6.45) is 4.14. The molecular weight excluding hydrogens is 1990 g/mol. The number of Topliss-reactive ketones (excluding diaryl/α,β-unsaturated/α-hetero) is 2. The summed E-state index contributed by atoms with van der Waals surface area (Å²) in [4.78, 5) is 41.7. The van der Waals surface area contributed by atoms with Gasteiger partial charge in [0.05, 0.1) is 13.2 Å². The standard InChI is InChI=1S/C31H39F3N6O2.C15H14BrF3N2O.C10H10BrF3.C10H11F3O.C10H9F3O.C8H6BrF3.C8H6BrFO/c1-20(24-16-22(32)5-6-26(24)31(2,33)34)42-28-15-21(18-37-30(28)35)25-19-36-29(17-27(25)41-4)40-9-7-23(8-10-40)39-13-11-38(3)12-14-39;1-8(22-13-5-9(16)7-21-14(13)20)11-6-10(17)3-4-12(11)15(2,18)19;1-6(11)8-5-7(12)3-4-9(8)10(2,13)14;2*1-6(14)8-5-7(11)3-4-9(8)10(2,12)13;1-8(11,12)6-3-2-5(10)4-7(6)9;1-5(11)7-3-2-6(10)4-8(7)9/h5-6,15-20,23H,7-14H2,1-4H3,(H2,35,37);3-8H,1-2H3,(H2,20,21);3-6H,1-2H3;3-6,14H,1-2H3;3-5H,1-2H3;2-4H,1H3;2-4H,1H3. The van der Waals surface area contributed by atoms with Crippen molar-refractivity contribution in [3.05, 3.63) is 285 Å². The van der Waals surface area contributed by atoms with Crippen LogP contribution in [0, 0.1) is 40.7 Å². The van der Waals surface area contributed by atoms with Crippen LogP contribution in [0.2, 0.25) is 0 Å². The summed E-state index contributed by atoms with van der Waals surface area (Å²) in [5, 5.41) is 9.19. The molecular formula is C92H95Br4F19N8O6. The van der Waals surface area contributed by atoms with E-state index >= 15 is 0 Å². The number of alkyl halides is 13. The fourth-order valence-corrected chi connectivity index (χ4v) is 15.3. The van der Waals surface area contributed by atoms with Crippen molar-refractivity contribution >= 4 is 92.7 Å². The van der Waals surface area contributed by atoms with E-state index in [9.17, 15) is 98.1 Å². The van der Waals surface area contributed by atoms with E-state index in [4.69, 9.17) is 30.7 Å². The van der Waals surface area contributed by atoms with Gasteiger partial charge in [-0.2, -0.15) is 0 Å². The highest BCUT2D eigenvalue weighted by Gasteiger charge is 2.36. The van der Waals surface area contributed by atoms with Gasteiger partial charge in [-0.3, -0.25) is 14.5 Å². The van der Waals surface area contributed by atoms with Crippen LogP contribution in [-0.2, 0) is 35.5 Å². The second-order valence-corrected chi connectivity index (χ2v) is 34.6. The Morgan fingerprint density at radius 1 is 0.434 bits per heavy atom. The number of anilines is 3. The lowest BCUT2D eigenvalue weighted by Crippen LogP contribution is -2.52. The minimum absolute atomic E-state index is 0.0345. The lowest BCUT2D eigenvalue weighted by Gasteiger charge is -2.42. The number of rotatable bonds is 20. The average molecular weight is 2090 g/mol. The molecule has 2 aliphatic heterocycles. The van der Waals surface area contributed by atoms with Gasteiger partial charge in [-0.05, 0) is 244 Å². The van der Waals surface area contributed by atoms with Crippen molar-refractivity contribution in [1.82, 2.24) is 24.8 Å². The number of hydrogen-bond acceptors (Lipinski definition) is 14. The van der Waals surface area contributed by atoms with Gasteiger partial charge < -0.3 is 40.6 Å². The van der Waals surface area contributed by atoms with E-state index in [2.05, 4.69) is 95.4 Å². The zero-order valence-electron chi connectivity index (χ0n) is 72.2. The number of aliphatic hydroxyl groups excluding tert-OH is 1. The van der Waals surface area contributed by atoms with Gasteiger partial charge in [0.2, 0.25) is 0 Å². The maximum absolute atomic E-state index is 14.2. The monoisotopic (exact) mass is 2080 g/mol. The van der Waals surface area contributed by atoms with Gasteiger partial charge in [0.15, 0.2) is 34.7 Å². The molecule has 5 heterocycles. The number of nitrogens with zero attached hydrogens (tertiary/aromatic N) is 6. The summed E-state index contributed by atoms with van der Waals surface area (Å²) >= 11 is 12.3. The first kappa shape index (κ1) is 108. The zero-order chi connectivity index (χ0) is 97.1. The highest BCUT2D eigenvalue weighted by atomic mass is 79.9. The van der Waals surface area contributed by atoms with Crippen LogP contribution in [0.1, 0.15) is 195 Å². The van der Waals surface area contributed by atoms with Crippen molar-refractivity contribution in [3.63, 3.8) is 0 Å². The summed E-state index contributed by atoms with van der Waals surface area (Å²) < 4.78 is 268. The van der Waals surface area contributed by atoms with E-state index in [1.807, 2.05) is 6.07 Å². The van der Waals surface area contributed by atoms with Gasteiger partial charge in [0.1, 0.15) is 64.5 Å². The number of carbonyl (C=O) groups is 2. The number of likely N-dealkylation sites (N-methyl/N-ethyl adjacent to an activating group) is 1. The SMILES string of the molecule is CC(=O)c1cc(F)ccc1C(C)(F)F.CC(=O)c1ccc(F)cc1Br.CC(Br)c1cc(F)ccc1C(C)(F)F.CC(F)(F)c1ccc(F)cc1Br.CC(O)c1cc(F)ccc1C(C)(F)F.CC(Oc1cc(Br)cnc1N)c1cc(F)ccc1C(C)(F)F.COc1cc(N2CCC(N3CCN(C)CC3)CC2)ncc1-c1cnc(N)c(OC(C)c2cc(F)ccc2C(C)(F)F)c1. The molecule has 0 aliphatic carbocycles. The number of carbonyl (C=O) groups excluding carboxylic acids is 2. The van der Waals surface area contributed by atoms with Crippen molar-refractivity contribution in [3.8, 4) is 28.4 Å². The van der Waals surface area contributed by atoms with Crippen LogP contribution in [0.25, 0.3) is 11.1 Å². The molecule has 129 heavy (non-hydrogen) atoms. The van der Waals surface area contributed by atoms with Crippen LogP contribution in [0.3, 0.4) is 0 Å². The lowest BCUT2D eigenvalue weighted by molar-refractivity contribution is 0.0135. The highest BCUT2D eigenvalue weighted by Crippen LogP contribution is 2.43. The number of pyridine rings is 3. The maximum Gasteiger partial charge on any atom is 0.271 e. The summed E-state index contributed by atoms with van der Waals surface area (Å²) in [6.45, 7) is 19.5. The molecule has 2 saturated heterocycles. The molecule has 7 aromatic carbocycles. The van der Waals surface area contributed by atoms with Gasteiger partial charge >= 0.3 is 0 Å². The molecule has 14 nitrogen and oxygen atoms in total. The molecule has 10 aromatic rings. The van der Waals surface area contributed by atoms with E-state index in [1.165, 1.54) is 38.2 Å². The Balaban J connectivity index is 0.000000250. The van der Waals surface area contributed by atoms with Crippen molar-refractivity contribution in [2.24, 2.45) is 0 Å². The molecule has 3 aromatic heterocycles. The average Bonchev–Trinajstić information content (AvgIpc) is 0.792. The Labute approximate surface area is 768 Å². The molecule has 12 rings (SSSR count). The molecule has 2 fully saturated rings. The quantitative estimate of drug-likeness (QED) is 0.0372. The number of ketones is 2. The third-order valence-electron chi connectivity index (χ3n) is 19.8. The van der Waals surface area contributed by atoms with Gasteiger partial charge in [0, 0.05) is 197 Å². The normalized spacial score (nSPS) is 14.4. The van der Waals surface area contributed by atoms with Crippen molar-refractivity contribution in [2.75, 3.05) is 69.8 Å². The largest absolute Gasteiger partial charge is 0.496 e. The number of hydrogen-bond donors (Lipinski definition) is 3. The molecule has 700 valence electrons. The Morgan fingerprint density at radius 2 is 0.798 bits per heavy atom. The molecule has 0 spiro atoms. The fraction of sp³-hybridized carbons (Fsp3) is 0.359. The van der Waals surface area contributed by atoms with E-state index in [0.717, 1.165) is 202 Å². The summed E-state index contributed by atoms with van der Waals surface area (Å²) in [6, 6.07) is 28.0. The van der Waals surface area contributed by atoms with Gasteiger partial charge in [-0.1, -0.05) is 31.9 Å². The van der Waals surface area contributed by atoms with Crippen molar-refractivity contribution in [2.45, 2.75) is 161 Å². The topological polar surface area (TPSA) is 182 Å². The number of benzene rings is 7. The van der Waals surface area contributed by atoms with Gasteiger partial charge in [0.25, 0.3) is 35.5 Å². The number of methoxy groups -OCH3 is 1. The van der Waals surface area contributed by atoms with E-state index in [1.54, 1.807) is 52.4 Å². The molecule has 37 heteroatoms. The predicted octanol–water partition coefficient (Wildman–Crippen LogP) is 27.2. The molecule has 2 aliphatic rings. The smallest absolute Gasteiger partial charge is 0.271 e. The van der Waals surface area contributed by atoms with Crippen LogP contribution in [0.4, 0.5) is 101 Å². The molecule has 4 atom stereocenters. The molecule has 4 unspecified atom stereocenters. The second-order valence-electron chi connectivity index (χ2n) is 30.6. The second kappa shape index (κ2) is 46.6. The maximum atomic E-state index is 14.2. The zero-order valence-corrected chi connectivity index (χ0v) is 78.5. The van der Waals surface area contributed by atoms with Crippen LogP contribution >= 0.6 is 63.7 Å². The summed E-state index contributed by atoms with van der Waals surface area (Å²) in [5.74, 6) is -20.9. The number of ether oxygens (including phenoxy) is 3. The van der Waals surface area contributed by atoms with Crippen LogP contribution in [0.5, 0.6) is 17.2 Å². The minimum atomic E-state index is -3.17. The van der Waals surface area contributed by atoms with Crippen molar-refractivity contribution in [1.29, 1.82) is 0 Å². The van der Waals surface area contributed by atoms with E-state index in [-0.39, 0.29) is 99.7 Å². The molecule has 0 amide bonds. The molecule has 0 saturated carbocycles. The summed E-state index contributed by atoms with van der Waals surface area (Å²) in [7, 11) is 3.78. The summed E-state index contributed by atoms with van der Waals surface area (Å²) in [5.41, 5.74) is 11.9. The number of aliphatic hydroxyl groups is 1. The van der Waals surface area contributed by atoms with Crippen molar-refractivity contribution < 1.29 is 112 Å². The highest BCUT2D eigenvalue weighted by molar-refractivity contribution is 9.11. The Kier molecular flexibility index (Phi) is 39.1. The number of piperazine rings is 1. The Morgan fingerprint density at radius 3 is 1.20 bits per heavy atom. The molecule has 0 bridgehead atoms. The van der Waals surface area contributed by atoms with Gasteiger partial charge in [-0.25, -0.2) is 98.4 Å². The fourth-order valence-electron chi connectivity index (χ4n) is 13.3. The number of nitrogen functional groups attached to an aromatic ring is 2. The van der Waals surface area contributed by atoms with E-state index in [0.29, 0.717) is 51.3 Å². The first-order chi connectivity index (χ1) is 59.7. The first-order valence-corrected chi connectivity index (χ1v) is 42.7. The van der Waals surface area contributed by atoms with E-state index < -0.39 is 100 Å². The number of aromatic nitrogens is 3. The first-order valence-electron chi connectivity index (χ1n) is 39.4. The number of piperidine rings is 1. The van der Waals surface area contributed by atoms with Crippen LogP contribution in [-0.4, -0.2) is 101 Å². The van der Waals surface area contributed by atoms with Crippen LogP contribution in [0.15, 0.2) is 178 Å². The predicted molar refractivity (Wildman–Crippen MR) is 473 cm³/mol. The lowest BCUT2D eigenvalue weighted by atomic mass is 9.98. The number of halogens is 23. The minimum Gasteiger partial charge on any atom is -0.496 e. The Bertz CT molecular complexity index is 5380. The molecule has 0 radical (unpaired) electrons. The van der Waals surface area contributed by atoms with Gasteiger partial charge in [-0.15, -0.1) is 0 Å². The number of nitrogens with two attached hydrogens (primary N) is 2. The Hall–Kier alpha value is -9.40. The third-order valence-corrected chi connectivity index (χ3v) is 22.1. The molecule has 5 N–H and O–H groups in total. The van der Waals surface area contributed by atoms with Crippen LogP contribution < -0.4 is 30.6 Å².